The van der Waals surface area contributed by atoms with Crippen molar-refractivity contribution in [2.45, 2.75) is 24.5 Å². The standard InChI is InChI=1S/C30H28N2O5S/c33-29(32(21-25-13-6-2-7-14-25)22-26-15-8-3-9-16-26)23-37-30(34)27-17-10-18-28(19-27)38(35,36)31-20-24-11-4-1-5-12-24/h1-19,31H,20-23H2. The van der Waals surface area contributed by atoms with Crippen LogP contribution in [0.4, 0.5) is 0 Å². The Morgan fingerprint density at radius 1 is 0.684 bits per heavy atom. The quantitative estimate of drug-likeness (QED) is 0.288. The SMILES string of the molecule is O=C(OCC(=O)N(Cc1ccccc1)Cc1ccccc1)c1cccc(S(=O)(=O)NCc2ccccc2)c1. The van der Waals surface area contributed by atoms with E-state index in [-0.39, 0.29) is 22.9 Å². The lowest BCUT2D eigenvalue weighted by Crippen LogP contribution is -2.34. The van der Waals surface area contributed by atoms with Crippen LogP contribution >= 0.6 is 0 Å². The number of esters is 1. The topological polar surface area (TPSA) is 92.8 Å². The molecule has 0 bridgehead atoms. The molecule has 4 aromatic rings. The number of hydrogen-bond donors (Lipinski definition) is 1. The van der Waals surface area contributed by atoms with E-state index in [1.165, 1.54) is 24.3 Å². The first-order chi connectivity index (χ1) is 18.4. The summed E-state index contributed by atoms with van der Waals surface area (Å²) in [5, 5.41) is 0. The lowest BCUT2D eigenvalue weighted by molar-refractivity contribution is -0.135. The van der Waals surface area contributed by atoms with Crippen LogP contribution in [0.1, 0.15) is 27.0 Å². The minimum absolute atomic E-state index is 0.0399. The Hall–Kier alpha value is -4.27. The lowest BCUT2D eigenvalue weighted by atomic mass is 10.1. The summed E-state index contributed by atoms with van der Waals surface area (Å²) in [4.78, 5) is 27.4. The molecule has 0 saturated heterocycles. The highest BCUT2D eigenvalue weighted by Crippen LogP contribution is 2.15. The number of carbonyl (C=O) groups is 2. The molecule has 7 nitrogen and oxygen atoms in total. The molecule has 38 heavy (non-hydrogen) atoms. The molecule has 1 N–H and O–H groups in total. The number of ether oxygens (including phenoxy) is 1. The molecule has 4 rings (SSSR count). The van der Waals surface area contributed by atoms with Gasteiger partial charge in [-0.15, -0.1) is 0 Å². The Labute approximate surface area is 222 Å². The monoisotopic (exact) mass is 528 g/mol. The second-order valence-electron chi connectivity index (χ2n) is 8.64. The van der Waals surface area contributed by atoms with Crippen LogP contribution in [-0.4, -0.2) is 31.8 Å². The Bertz CT molecular complexity index is 1420. The summed E-state index contributed by atoms with van der Waals surface area (Å²) in [5.41, 5.74) is 2.74. The molecule has 0 fully saturated rings. The van der Waals surface area contributed by atoms with Crippen molar-refractivity contribution in [2.75, 3.05) is 6.61 Å². The molecule has 0 aliphatic heterocycles. The summed E-state index contributed by atoms with van der Waals surface area (Å²) in [6.07, 6.45) is 0. The maximum absolute atomic E-state index is 13.1. The van der Waals surface area contributed by atoms with Crippen molar-refractivity contribution in [3.8, 4) is 0 Å². The van der Waals surface area contributed by atoms with Crippen molar-refractivity contribution in [2.24, 2.45) is 0 Å². The predicted molar refractivity (Wildman–Crippen MR) is 144 cm³/mol. The fourth-order valence-corrected chi connectivity index (χ4v) is 4.85. The molecule has 0 aliphatic carbocycles. The third kappa shape index (κ3) is 7.61. The molecule has 8 heteroatoms. The second-order valence-corrected chi connectivity index (χ2v) is 10.4. The minimum Gasteiger partial charge on any atom is -0.452 e. The molecule has 0 aliphatic rings. The second kappa shape index (κ2) is 12.8. The Morgan fingerprint density at radius 2 is 1.21 bits per heavy atom. The van der Waals surface area contributed by atoms with Gasteiger partial charge in [-0.25, -0.2) is 17.9 Å². The van der Waals surface area contributed by atoms with E-state index in [9.17, 15) is 18.0 Å². The summed E-state index contributed by atoms with van der Waals surface area (Å²) in [7, 11) is -3.86. The predicted octanol–water partition coefficient (Wildman–Crippen LogP) is 4.55. The third-order valence-electron chi connectivity index (χ3n) is 5.80. The molecule has 0 saturated carbocycles. The van der Waals surface area contributed by atoms with Crippen LogP contribution in [0.15, 0.2) is 120 Å². The first-order valence-corrected chi connectivity index (χ1v) is 13.6. The van der Waals surface area contributed by atoms with E-state index in [0.717, 1.165) is 16.7 Å². The number of nitrogens with zero attached hydrogens (tertiary/aromatic N) is 1. The van der Waals surface area contributed by atoms with Gasteiger partial charge >= 0.3 is 5.97 Å². The number of rotatable bonds is 11. The normalized spacial score (nSPS) is 11.1. The van der Waals surface area contributed by atoms with Crippen molar-refractivity contribution < 1.29 is 22.7 Å². The van der Waals surface area contributed by atoms with Crippen molar-refractivity contribution in [1.82, 2.24) is 9.62 Å². The molecule has 0 spiro atoms. The first-order valence-electron chi connectivity index (χ1n) is 12.1. The molecule has 0 atom stereocenters. The summed E-state index contributed by atoms with van der Waals surface area (Å²) in [6.45, 7) is 0.354. The molecule has 0 unspecified atom stereocenters. The van der Waals surface area contributed by atoms with Crippen LogP contribution in [0.5, 0.6) is 0 Å². The Kier molecular flexibility index (Phi) is 9.02. The zero-order valence-corrected chi connectivity index (χ0v) is 21.5. The Balaban J connectivity index is 1.40. The largest absolute Gasteiger partial charge is 0.452 e. The van der Waals surface area contributed by atoms with E-state index in [1.54, 1.807) is 4.90 Å². The van der Waals surface area contributed by atoms with Gasteiger partial charge in [0, 0.05) is 19.6 Å². The zero-order chi connectivity index (χ0) is 26.8. The molecule has 4 aromatic carbocycles. The van der Waals surface area contributed by atoms with E-state index in [0.29, 0.717) is 13.1 Å². The highest BCUT2D eigenvalue weighted by atomic mass is 32.2. The van der Waals surface area contributed by atoms with Crippen molar-refractivity contribution in [3.63, 3.8) is 0 Å². The molecular weight excluding hydrogens is 500 g/mol. The average Bonchev–Trinajstić information content (AvgIpc) is 2.96. The van der Waals surface area contributed by atoms with Gasteiger partial charge in [-0.2, -0.15) is 0 Å². The average molecular weight is 529 g/mol. The van der Waals surface area contributed by atoms with Gasteiger partial charge in [-0.05, 0) is 34.9 Å². The molecule has 0 heterocycles. The van der Waals surface area contributed by atoms with Crippen molar-refractivity contribution in [1.29, 1.82) is 0 Å². The molecular formula is C30H28N2O5S. The van der Waals surface area contributed by atoms with Crippen LogP contribution < -0.4 is 4.72 Å². The highest BCUT2D eigenvalue weighted by molar-refractivity contribution is 7.89. The fraction of sp³-hybridized carbons (Fsp3) is 0.133. The number of hydrogen-bond acceptors (Lipinski definition) is 5. The van der Waals surface area contributed by atoms with Crippen LogP contribution in [0.3, 0.4) is 0 Å². The van der Waals surface area contributed by atoms with Crippen LogP contribution in [0, 0.1) is 0 Å². The zero-order valence-electron chi connectivity index (χ0n) is 20.7. The van der Waals surface area contributed by atoms with Gasteiger partial charge in [-0.3, -0.25) is 4.79 Å². The maximum Gasteiger partial charge on any atom is 0.338 e. The smallest absolute Gasteiger partial charge is 0.338 e. The molecule has 0 radical (unpaired) electrons. The number of carbonyl (C=O) groups excluding carboxylic acids is 2. The van der Waals surface area contributed by atoms with Crippen LogP contribution in [-0.2, 0) is 39.2 Å². The van der Waals surface area contributed by atoms with Gasteiger partial charge in [0.15, 0.2) is 6.61 Å². The third-order valence-corrected chi connectivity index (χ3v) is 7.20. The highest BCUT2D eigenvalue weighted by Gasteiger charge is 2.20. The van der Waals surface area contributed by atoms with Gasteiger partial charge in [0.05, 0.1) is 10.5 Å². The summed E-state index contributed by atoms with van der Waals surface area (Å²) < 4.78 is 33.3. The van der Waals surface area contributed by atoms with E-state index in [2.05, 4.69) is 4.72 Å². The lowest BCUT2D eigenvalue weighted by Gasteiger charge is -2.23. The fourth-order valence-electron chi connectivity index (χ4n) is 3.79. The van der Waals surface area contributed by atoms with Crippen molar-refractivity contribution >= 4 is 21.9 Å². The van der Waals surface area contributed by atoms with Crippen molar-refractivity contribution in [3.05, 3.63) is 138 Å². The first kappa shape index (κ1) is 26.8. The number of sulfonamides is 1. The van der Waals surface area contributed by atoms with E-state index in [4.69, 9.17) is 4.74 Å². The van der Waals surface area contributed by atoms with E-state index in [1.807, 2.05) is 91.0 Å². The van der Waals surface area contributed by atoms with Crippen LogP contribution in [0.2, 0.25) is 0 Å². The summed E-state index contributed by atoms with van der Waals surface area (Å²) in [6, 6.07) is 33.8. The summed E-state index contributed by atoms with van der Waals surface area (Å²) in [5.74, 6) is -1.14. The maximum atomic E-state index is 13.1. The molecule has 1 amide bonds. The van der Waals surface area contributed by atoms with Gasteiger partial charge < -0.3 is 9.64 Å². The van der Waals surface area contributed by atoms with Gasteiger partial charge in [0.2, 0.25) is 10.0 Å². The Morgan fingerprint density at radius 3 is 1.76 bits per heavy atom. The van der Waals surface area contributed by atoms with Gasteiger partial charge in [-0.1, -0.05) is 97.1 Å². The summed E-state index contributed by atoms with van der Waals surface area (Å²) >= 11 is 0. The van der Waals surface area contributed by atoms with Gasteiger partial charge in [0.1, 0.15) is 0 Å². The number of amides is 1. The van der Waals surface area contributed by atoms with Crippen LogP contribution in [0.25, 0.3) is 0 Å². The van der Waals surface area contributed by atoms with E-state index >= 15 is 0 Å². The molecule has 194 valence electrons. The van der Waals surface area contributed by atoms with E-state index < -0.39 is 22.6 Å². The number of benzene rings is 4. The number of nitrogens with one attached hydrogen (secondary N) is 1. The molecule has 0 aromatic heterocycles. The minimum atomic E-state index is -3.86. The van der Waals surface area contributed by atoms with Gasteiger partial charge in [0.25, 0.3) is 5.91 Å².